The molecule has 146 valence electrons. The minimum atomic E-state index is -1.20. The van der Waals surface area contributed by atoms with Crippen LogP contribution in [0.3, 0.4) is 0 Å². The van der Waals surface area contributed by atoms with Crippen LogP contribution in [0.2, 0.25) is 10.0 Å². The summed E-state index contributed by atoms with van der Waals surface area (Å²) in [7, 11) is 0. The van der Waals surface area contributed by atoms with E-state index in [1.807, 2.05) is 0 Å². The van der Waals surface area contributed by atoms with Gasteiger partial charge in [-0.15, -0.1) is 0 Å². The van der Waals surface area contributed by atoms with Crippen molar-refractivity contribution in [3.8, 4) is 0 Å². The molecule has 0 radical (unpaired) electrons. The third-order valence-electron chi connectivity index (χ3n) is 4.07. The van der Waals surface area contributed by atoms with Crippen LogP contribution in [-0.4, -0.2) is 51.9 Å². The lowest BCUT2D eigenvalue weighted by Gasteiger charge is -2.19. The molecule has 2 heterocycles. The number of nitrogens with one attached hydrogen (secondary N) is 2. The van der Waals surface area contributed by atoms with Crippen LogP contribution in [0.15, 0.2) is 12.3 Å². The molecule has 0 aromatic carbocycles. The van der Waals surface area contributed by atoms with Crippen molar-refractivity contribution in [3.63, 3.8) is 0 Å². The highest BCUT2D eigenvalue weighted by Gasteiger charge is 2.47. The van der Waals surface area contributed by atoms with Crippen molar-refractivity contribution in [2.24, 2.45) is 0 Å². The number of ether oxygens (including phenoxy) is 1. The fourth-order valence-corrected chi connectivity index (χ4v) is 2.70. The molecule has 27 heavy (non-hydrogen) atoms. The second-order valence-corrected chi connectivity index (χ2v) is 6.96. The van der Waals surface area contributed by atoms with Crippen molar-refractivity contribution < 1.29 is 23.9 Å². The molecule has 1 saturated heterocycles. The summed E-state index contributed by atoms with van der Waals surface area (Å²) in [5, 5.41) is 5.33. The van der Waals surface area contributed by atoms with Crippen LogP contribution in [0.4, 0.5) is 10.6 Å². The Kier molecular flexibility index (Phi) is 6.27. The van der Waals surface area contributed by atoms with Gasteiger partial charge >= 0.3 is 12.0 Å². The van der Waals surface area contributed by atoms with Gasteiger partial charge in [-0.3, -0.25) is 19.3 Å². The number of amides is 4. The largest absolute Gasteiger partial charge is 0.451 e. The fraction of sp³-hybridized carbons (Fsp3) is 0.438. The van der Waals surface area contributed by atoms with Crippen molar-refractivity contribution in [1.82, 2.24) is 15.2 Å². The number of imide groups is 1. The lowest BCUT2D eigenvalue weighted by atomic mass is 9.99. The summed E-state index contributed by atoms with van der Waals surface area (Å²) in [6, 6.07) is 0.709. The molecular formula is C16H18Cl2N4O5. The molecule has 2 atom stereocenters. The highest BCUT2D eigenvalue weighted by atomic mass is 35.5. The maximum atomic E-state index is 12.3. The van der Waals surface area contributed by atoms with E-state index in [4.69, 9.17) is 27.9 Å². The first-order valence-electron chi connectivity index (χ1n) is 8.03. The summed E-state index contributed by atoms with van der Waals surface area (Å²) in [6.07, 6.45) is 0.461. The summed E-state index contributed by atoms with van der Waals surface area (Å²) >= 11 is 11.6. The standard InChI is InChI=1S/C16H18Cl2N4O5/c1-4-16(3)14(25)22(15(26)21-16)7-11(23)27-8(2)13(24)20-12-10(18)5-9(17)6-19-12/h5-6,8H,4,7H2,1-3H3,(H,21,26)(H,19,20,24)/t8-,16-/m0/s1. The molecule has 1 aromatic rings. The molecule has 2 N–H and O–H groups in total. The van der Waals surface area contributed by atoms with E-state index in [2.05, 4.69) is 15.6 Å². The van der Waals surface area contributed by atoms with Gasteiger partial charge in [0.05, 0.1) is 10.0 Å². The number of aromatic nitrogens is 1. The van der Waals surface area contributed by atoms with Crippen LogP contribution in [0.1, 0.15) is 27.2 Å². The average molecular weight is 417 g/mol. The molecular weight excluding hydrogens is 399 g/mol. The van der Waals surface area contributed by atoms with Gasteiger partial charge in [-0.05, 0) is 26.3 Å². The minimum Gasteiger partial charge on any atom is -0.451 e. The highest BCUT2D eigenvalue weighted by molar-refractivity contribution is 6.36. The molecule has 2 rings (SSSR count). The predicted molar refractivity (Wildman–Crippen MR) is 97.4 cm³/mol. The van der Waals surface area contributed by atoms with E-state index in [-0.39, 0.29) is 10.8 Å². The Bertz CT molecular complexity index is 803. The summed E-state index contributed by atoms with van der Waals surface area (Å²) < 4.78 is 4.99. The van der Waals surface area contributed by atoms with Gasteiger partial charge < -0.3 is 15.4 Å². The van der Waals surface area contributed by atoms with Gasteiger partial charge in [-0.25, -0.2) is 9.78 Å². The molecule has 9 nitrogen and oxygen atoms in total. The number of esters is 1. The Labute approximate surface area is 165 Å². The number of hydrogen-bond donors (Lipinski definition) is 2. The third kappa shape index (κ3) is 4.67. The maximum Gasteiger partial charge on any atom is 0.327 e. The van der Waals surface area contributed by atoms with Crippen LogP contribution >= 0.6 is 23.2 Å². The van der Waals surface area contributed by atoms with Gasteiger partial charge in [0.2, 0.25) is 0 Å². The first kappa shape index (κ1) is 20.9. The highest BCUT2D eigenvalue weighted by Crippen LogP contribution is 2.23. The number of hydrogen-bond acceptors (Lipinski definition) is 6. The quantitative estimate of drug-likeness (QED) is 0.540. The Morgan fingerprint density at radius 1 is 1.41 bits per heavy atom. The van der Waals surface area contributed by atoms with Crippen molar-refractivity contribution >= 4 is 52.8 Å². The zero-order valence-corrected chi connectivity index (χ0v) is 16.3. The Hall–Kier alpha value is -2.39. The molecule has 0 unspecified atom stereocenters. The van der Waals surface area contributed by atoms with E-state index < -0.39 is 42.0 Å². The van der Waals surface area contributed by atoms with E-state index in [9.17, 15) is 19.2 Å². The molecule has 1 aromatic heterocycles. The SMILES string of the molecule is CC[C@]1(C)NC(=O)N(CC(=O)O[C@@H](C)C(=O)Nc2ncc(Cl)cc2Cl)C1=O. The summed E-state index contributed by atoms with van der Waals surface area (Å²) in [4.78, 5) is 52.9. The van der Waals surface area contributed by atoms with Crippen molar-refractivity contribution in [1.29, 1.82) is 0 Å². The normalized spacial score (nSPS) is 20.3. The lowest BCUT2D eigenvalue weighted by molar-refractivity contribution is -0.155. The first-order valence-corrected chi connectivity index (χ1v) is 8.78. The van der Waals surface area contributed by atoms with E-state index in [1.165, 1.54) is 19.2 Å². The van der Waals surface area contributed by atoms with Crippen LogP contribution in [0.5, 0.6) is 0 Å². The second kappa shape index (κ2) is 8.10. The smallest absolute Gasteiger partial charge is 0.327 e. The monoisotopic (exact) mass is 416 g/mol. The average Bonchev–Trinajstić information content (AvgIpc) is 2.81. The van der Waals surface area contributed by atoms with Crippen LogP contribution in [0, 0.1) is 0 Å². The number of carbonyl (C=O) groups excluding carboxylic acids is 4. The summed E-state index contributed by atoms with van der Waals surface area (Å²) in [5.74, 6) is -2.06. The minimum absolute atomic E-state index is 0.0572. The van der Waals surface area contributed by atoms with E-state index in [0.29, 0.717) is 11.4 Å². The molecule has 4 amide bonds. The maximum absolute atomic E-state index is 12.3. The number of rotatable bonds is 6. The Balaban J connectivity index is 1.94. The zero-order chi connectivity index (χ0) is 20.4. The van der Waals surface area contributed by atoms with E-state index in [0.717, 1.165) is 4.90 Å². The molecule has 1 fully saturated rings. The van der Waals surface area contributed by atoms with Crippen LogP contribution in [-0.2, 0) is 19.1 Å². The van der Waals surface area contributed by atoms with Crippen LogP contribution < -0.4 is 10.6 Å². The fourth-order valence-electron chi connectivity index (χ4n) is 2.27. The number of pyridine rings is 1. The molecule has 0 bridgehead atoms. The van der Waals surface area contributed by atoms with Crippen molar-refractivity contribution in [3.05, 3.63) is 22.3 Å². The number of anilines is 1. The lowest BCUT2D eigenvalue weighted by Crippen LogP contribution is -2.44. The van der Waals surface area contributed by atoms with Crippen molar-refractivity contribution in [2.45, 2.75) is 38.8 Å². The Morgan fingerprint density at radius 3 is 2.63 bits per heavy atom. The van der Waals surface area contributed by atoms with Crippen LogP contribution in [0.25, 0.3) is 0 Å². The van der Waals surface area contributed by atoms with Crippen molar-refractivity contribution in [2.75, 3.05) is 11.9 Å². The number of carbonyl (C=O) groups is 4. The Morgan fingerprint density at radius 2 is 2.07 bits per heavy atom. The molecule has 1 aliphatic heterocycles. The molecule has 0 aliphatic carbocycles. The second-order valence-electron chi connectivity index (χ2n) is 6.11. The molecule has 11 heteroatoms. The summed E-state index contributed by atoms with van der Waals surface area (Å²) in [6.45, 7) is 4.04. The topological polar surface area (TPSA) is 118 Å². The van der Waals surface area contributed by atoms with Gasteiger partial charge in [-0.2, -0.15) is 0 Å². The number of nitrogens with zero attached hydrogens (tertiary/aromatic N) is 2. The van der Waals surface area contributed by atoms with E-state index in [1.54, 1.807) is 13.8 Å². The van der Waals surface area contributed by atoms with Gasteiger partial charge in [0.1, 0.15) is 12.1 Å². The van der Waals surface area contributed by atoms with Gasteiger partial charge in [0.25, 0.3) is 11.8 Å². The molecule has 0 saturated carbocycles. The predicted octanol–water partition coefficient (Wildman–Crippen LogP) is 1.98. The third-order valence-corrected chi connectivity index (χ3v) is 4.56. The number of halogens is 2. The van der Waals surface area contributed by atoms with E-state index >= 15 is 0 Å². The first-order chi connectivity index (χ1) is 12.6. The van der Waals surface area contributed by atoms with Gasteiger partial charge in [0, 0.05) is 6.20 Å². The van der Waals surface area contributed by atoms with Gasteiger partial charge in [0.15, 0.2) is 11.9 Å². The molecule has 0 spiro atoms. The summed E-state index contributed by atoms with van der Waals surface area (Å²) in [5.41, 5.74) is -1.06. The zero-order valence-electron chi connectivity index (χ0n) is 14.8. The number of urea groups is 1. The van der Waals surface area contributed by atoms with Gasteiger partial charge in [-0.1, -0.05) is 30.1 Å². The molecule has 1 aliphatic rings.